The van der Waals surface area contributed by atoms with E-state index >= 15 is 0 Å². The first-order valence-corrected chi connectivity index (χ1v) is 11.4. The molecule has 4 aromatic rings. The lowest BCUT2D eigenvalue weighted by atomic mass is 10.3. The van der Waals surface area contributed by atoms with Crippen LogP contribution in [0.5, 0.6) is 11.9 Å². The first-order chi connectivity index (χ1) is 15.5. The van der Waals surface area contributed by atoms with Crippen molar-refractivity contribution in [3.05, 3.63) is 56.8 Å². The molecule has 166 valence electrons. The molecule has 4 heterocycles. The molecule has 0 aliphatic rings. The number of nitrogens with zero attached hydrogens (tertiary/aromatic N) is 5. The average Bonchev–Trinajstić information content (AvgIpc) is 3.11. The Morgan fingerprint density at radius 3 is 2.66 bits per heavy atom. The molecule has 1 N–H and O–H groups in total. The van der Waals surface area contributed by atoms with Crippen LogP contribution in [0.25, 0.3) is 11.0 Å². The zero-order valence-corrected chi connectivity index (χ0v) is 19.6. The fourth-order valence-corrected chi connectivity index (χ4v) is 4.06. The molecule has 0 aromatic carbocycles. The van der Waals surface area contributed by atoms with Gasteiger partial charge in [-0.05, 0) is 39.0 Å². The Hall–Kier alpha value is -3.04. The highest BCUT2D eigenvalue weighted by Crippen LogP contribution is 2.25. The Balaban J connectivity index is 1.29. The van der Waals surface area contributed by atoms with Crippen molar-refractivity contribution in [2.75, 3.05) is 18.5 Å². The summed E-state index contributed by atoms with van der Waals surface area (Å²) in [4.78, 5) is 22.9. The highest BCUT2D eigenvalue weighted by molar-refractivity contribution is 7.11. The monoisotopic (exact) mass is 470 g/mol. The van der Waals surface area contributed by atoms with Crippen LogP contribution in [-0.2, 0) is 6.54 Å². The van der Waals surface area contributed by atoms with Gasteiger partial charge in [0.2, 0.25) is 5.88 Å². The zero-order chi connectivity index (χ0) is 22.5. The van der Waals surface area contributed by atoms with Crippen LogP contribution in [0.2, 0.25) is 5.15 Å². The third-order valence-corrected chi connectivity index (χ3v) is 6.13. The number of pyridine rings is 2. The molecule has 0 aliphatic heterocycles. The van der Waals surface area contributed by atoms with Crippen LogP contribution < -0.4 is 14.8 Å². The van der Waals surface area contributed by atoms with E-state index in [-0.39, 0.29) is 6.01 Å². The summed E-state index contributed by atoms with van der Waals surface area (Å²) < 4.78 is 11.4. The van der Waals surface area contributed by atoms with E-state index < -0.39 is 0 Å². The number of halogens is 1. The normalized spacial score (nSPS) is 11.0. The van der Waals surface area contributed by atoms with Crippen LogP contribution in [0.1, 0.15) is 27.6 Å². The average molecular weight is 471 g/mol. The Morgan fingerprint density at radius 2 is 1.84 bits per heavy atom. The molecule has 0 saturated carbocycles. The second-order valence-corrected chi connectivity index (χ2v) is 8.76. The first-order valence-electron chi connectivity index (χ1n) is 10.2. The maximum atomic E-state index is 6.28. The number of aromatic nitrogens is 5. The molecule has 4 aromatic heterocycles. The van der Waals surface area contributed by atoms with Crippen molar-refractivity contribution in [2.45, 2.75) is 33.7 Å². The van der Waals surface area contributed by atoms with Crippen LogP contribution >= 0.6 is 22.9 Å². The number of ether oxygens (including phenoxy) is 2. The number of hydrogen-bond donors (Lipinski definition) is 1. The Labute approximate surface area is 195 Å². The number of fused-ring (bicyclic) bond motifs is 1. The van der Waals surface area contributed by atoms with Crippen molar-refractivity contribution in [1.29, 1.82) is 0 Å². The number of rotatable bonds is 9. The van der Waals surface area contributed by atoms with Gasteiger partial charge in [0.25, 0.3) is 0 Å². The third kappa shape index (κ3) is 5.41. The van der Waals surface area contributed by atoms with Crippen molar-refractivity contribution >= 4 is 39.8 Å². The Morgan fingerprint density at radius 1 is 1.00 bits per heavy atom. The van der Waals surface area contributed by atoms with Gasteiger partial charge in [-0.2, -0.15) is 15.0 Å². The summed E-state index contributed by atoms with van der Waals surface area (Å²) in [6, 6.07) is 7.84. The molecule has 0 aliphatic carbocycles. The van der Waals surface area contributed by atoms with Gasteiger partial charge in [-0.15, -0.1) is 11.3 Å². The van der Waals surface area contributed by atoms with Crippen LogP contribution in [-0.4, -0.2) is 38.1 Å². The van der Waals surface area contributed by atoms with E-state index in [1.54, 1.807) is 17.5 Å². The van der Waals surface area contributed by atoms with E-state index in [1.807, 2.05) is 45.0 Å². The van der Waals surface area contributed by atoms with Crippen molar-refractivity contribution in [3.8, 4) is 11.9 Å². The molecule has 0 saturated heterocycles. The van der Waals surface area contributed by atoms with Gasteiger partial charge in [-0.1, -0.05) is 11.6 Å². The number of aryl methyl sites for hydroxylation is 2. The maximum absolute atomic E-state index is 6.28. The van der Waals surface area contributed by atoms with Gasteiger partial charge in [-0.25, -0.2) is 9.97 Å². The van der Waals surface area contributed by atoms with E-state index in [4.69, 9.17) is 21.1 Å². The summed E-state index contributed by atoms with van der Waals surface area (Å²) >= 11 is 7.95. The van der Waals surface area contributed by atoms with E-state index in [0.29, 0.717) is 48.7 Å². The number of nitrogens with one attached hydrogen (secondary N) is 1. The summed E-state index contributed by atoms with van der Waals surface area (Å²) in [6.07, 6.45) is 2.35. The summed E-state index contributed by atoms with van der Waals surface area (Å²) in [6.45, 7) is 7.32. The fourth-order valence-electron chi connectivity index (χ4n) is 3.02. The second-order valence-electron chi connectivity index (χ2n) is 7.12. The Kier molecular flexibility index (Phi) is 6.96. The minimum Gasteiger partial charge on any atom is -0.477 e. The molecule has 0 bridgehead atoms. The van der Waals surface area contributed by atoms with Gasteiger partial charge in [-0.3, -0.25) is 0 Å². The van der Waals surface area contributed by atoms with E-state index in [1.165, 1.54) is 0 Å². The molecule has 8 nitrogen and oxygen atoms in total. The largest absolute Gasteiger partial charge is 0.477 e. The van der Waals surface area contributed by atoms with Crippen LogP contribution in [0, 0.1) is 20.8 Å². The number of hydrogen-bond acceptors (Lipinski definition) is 9. The standard InChI is InChI=1S/C22H23ClN6O2S/c1-13-19(23)28-22(29-20(13)25-12-17-14(2)26-15(3)32-17)31-11-5-10-30-18-8-7-16-6-4-9-24-21(16)27-18/h4,6-9H,5,10-12H2,1-3H3,(H,25,28,29). The van der Waals surface area contributed by atoms with Gasteiger partial charge in [0, 0.05) is 34.5 Å². The molecular weight excluding hydrogens is 448 g/mol. The lowest BCUT2D eigenvalue weighted by Crippen LogP contribution is -2.10. The molecule has 0 unspecified atom stereocenters. The molecule has 10 heteroatoms. The quantitative estimate of drug-likeness (QED) is 0.272. The predicted molar refractivity (Wildman–Crippen MR) is 126 cm³/mol. The van der Waals surface area contributed by atoms with Crippen molar-refractivity contribution in [2.24, 2.45) is 0 Å². The third-order valence-electron chi connectivity index (χ3n) is 4.69. The smallest absolute Gasteiger partial charge is 0.319 e. The van der Waals surface area contributed by atoms with Crippen molar-refractivity contribution in [3.63, 3.8) is 0 Å². The topological polar surface area (TPSA) is 94.9 Å². The van der Waals surface area contributed by atoms with Gasteiger partial charge in [0.1, 0.15) is 11.0 Å². The minimum absolute atomic E-state index is 0.230. The molecular formula is C22H23ClN6O2S. The first kappa shape index (κ1) is 22.2. The number of anilines is 1. The fraction of sp³-hybridized carbons (Fsp3) is 0.318. The highest BCUT2D eigenvalue weighted by atomic mass is 35.5. The second kappa shape index (κ2) is 10.1. The van der Waals surface area contributed by atoms with Crippen LogP contribution in [0.15, 0.2) is 30.5 Å². The predicted octanol–water partition coefficient (Wildman–Crippen LogP) is 4.91. The van der Waals surface area contributed by atoms with Crippen molar-refractivity contribution < 1.29 is 9.47 Å². The van der Waals surface area contributed by atoms with Gasteiger partial charge < -0.3 is 14.8 Å². The Bertz CT molecular complexity index is 1230. The zero-order valence-electron chi connectivity index (χ0n) is 18.1. The minimum atomic E-state index is 0.230. The van der Waals surface area contributed by atoms with Gasteiger partial charge in [0.05, 0.1) is 30.5 Å². The molecule has 0 radical (unpaired) electrons. The van der Waals surface area contributed by atoms with Crippen molar-refractivity contribution in [1.82, 2.24) is 24.9 Å². The lowest BCUT2D eigenvalue weighted by Gasteiger charge is -2.12. The highest BCUT2D eigenvalue weighted by Gasteiger charge is 2.12. The SMILES string of the molecule is Cc1nc(C)c(CNc2nc(OCCCOc3ccc4cccnc4n3)nc(Cl)c2C)s1. The summed E-state index contributed by atoms with van der Waals surface area (Å²) in [5, 5.41) is 5.69. The van der Waals surface area contributed by atoms with Crippen LogP contribution in [0.3, 0.4) is 0 Å². The van der Waals surface area contributed by atoms with Crippen LogP contribution in [0.4, 0.5) is 5.82 Å². The summed E-state index contributed by atoms with van der Waals surface area (Å²) in [7, 11) is 0. The van der Waals surface area contributed by atoms with Gasteiger partial charge >= 0.3 is 6.01 Å². The molecule has 0 fully saturated rings. The molecule has 4 rings (SSSR count). The summed E-state index contributed by atoms with van der Waals surface area (Å²) in [5.41, 5.74) is 2.45. The van der Waals surface area contributed by atoms with Gasteiger partial charge in [0.15, 0.2) is 5.65 Å². The van der Waals surface area contributed by atoms with E-state index in [2.05, 4.69) is 30.2 Å². The maximum Gasteiger partial charge on any atom is 0.319 e. The summed E-state index contributed by atoms with van der Waals surface area (Å²) in [5.74, 6) is 1.18. The molecule has 0 spiro atoms. The molecule has 32 heavy (non-hydrogen) atoms. The lowest BCUT2D eigenvalue weighted by molar-refractivity contribution is 0.232. The number of thiazole rings is 1. The van der Waals surface area contributed by atoms with E-state index in [0.717, 1.165) is 26.5 Å². The molecule has 0 atom stereocenters. The van der Waals surface area contributed by atoms with E-state index in [9.17, 15) is 0 Å². The molecule has 0 amide bonds.